The highest BCUT2D eigenvalue weighted by Crippen LogP contribution is 2.27. The van der Waals surface area contributed by atoms with E-state index in [9.17, 15) is 9.59 Å². The molecule has 0 unspecified atom stereocenters. The first kappa shape index (κ1) is 19.4. The molecule has 1 aliphatic heterocycles. The number of aromatic nitrogens is 2. The summed E-state index contributed by atoms with van der Waals surface area (Å²) in [5, 5.41) is 0.850. The molecule has 1 fully saturated rings. The zero-order valence-electron chi connectivity index (χ0n) is 17.3. The first-order valence-corrected chi connectivity index (χ1v) is 10.5. The van der Waals surface area contributed by atoms with E-state index in [2.05, 4.69) is 4.98 Å². The third-order valence-corrected chi connectivity index (χ3v) is 5.85. The molecule has 0 radical (unpaired) electrons. The third kappa shape index (κ3) is 3.91. The van der Waals surface area contributed by atoms with Crippen LogP contribution in [-0.2, 0) is 4.79 Å². The Labute approximate surface area is 178 Å². The summed E-state index contributed by atoms with van der Waals surface area (Å²) in [5.74, 6) is 1.55. The Morgan fingerprint density at radius 1 is 1.26 bits per heavy atom. The van der Waals surface area contributed by atoms with Gasteiger partial charge in [0.15, 0.2) is 6.61 Å². The Balaban J connectivity index is 1.26. The summed E-state index contributed by atoms with van der Waals surface area (Å²) in [5.41, 5.74) is 2.87. The lowest BCUT2D eigenvalue weighted by molar-refractivity contribution is -0.134. The summed E-state index contributed by atoms with van der Waals surface area (Å²) in [6.07, 6.45) is 1.92. The van der Waals surface area contributed by atoms with Gasteiger partial charge in [-0.15, -0.1) is 0 Å². The van der Waals surface area contributed by atoms with Gasteiger partial charge in [-0.1, -0.05) is 12.1 Å². The molecule has 158 valence electrons. The Hall–Kier alpha value is -3.61. The van der Waals surface area contributed by atoms with Crippen LogP contribution in [0.25, 0.3) is 22.0 Å². The molecule has 1 atom stereocenters. The van der Waals surface area contributed by atoms with Crippen LogP contribution in [0, 0.1) is 6.92 Å². The van der Waals surface area contributed by atoms with Gasteiger partial charge < -0.3 is 19.0 Å². The number of fused-ring (bicyclic) bond motifs is 2. The van der Waals surface area contributed by atoms with Crippen LogP contribution in [0.15, 0.2) is 57.7 Å². The molecule has 0 aliphatic carbocycles. The monoisotopic (exact) mass is 417 g/mol. The number of imidazole rings is 1. The molecule has 7 heteroatoms. The predicted octanol–water partition coefficient (Wildman–Crippen LogP) is 3.76. The molecule has 7 nitrogen and oxygen atoms in total. The van der Waals surface area contributed by atoms with Crippen LogP contribution in [0.4, 0.5) is 0 Å². The number of hydrogen-bond acceptors (Lipinski definition) is 5. The van der Waals surface area contributed by atoms with Gasteiger partial charge in [0, 0.05) is 36.5 Å². The number of hydrogen-bond donors (Lipinski definition) is 1. The predicted molar refractivity (Wildman–Crippen MR) is 117 cm³/mol. The second-order valence-corrected chi connectivity index (χ2v) is 8.01. The van der Waals surface area contributed by atoms with Crippen LogP contribution in [-0.4, -0.2) is 40.5 Å². The van der Waals surface area contributed by atoms with Crippen LogP contribution in [0.1, 0.15) is 30.1 Å². The van der Waals surface area contributed by atoms with Gasteiger partial charge >= 0.3 is 5.63 Å². The average molecular weight is 417 g/mol. The highest BCUT2D eigenvalue weighted by Gasteiger charge is 2.27. The van der Waals surface area contributed by atoms with E-state index in [-0.39, 0.29) is 18.4 Å². The number of aryl methyl sites for hydroxylation is 1. The second kappa shape index (κ2) is 7.91. The van der Waals surface area contributed by atoms with Crippen molar-refractivity contribution in [2.75, 3.05) is 19.7 Å². The third-order valence-electron chi connectivity index (χ3n) is 5.85. The first-order chi connectivity index (χ1) is 15.1. The highest BCUT2D eigenvalue weighted by molar-refractivity contribution is 5.82. The zero-order chi connectivity index (χ0) is 21.4. The van der Waals surface area contributed by atoms with E-state index >= 15 is 0 Å². The Morgan fingerprint density at radius 3 is 3.00 bits per heavy atom. The number of amides is 1. The molecule has 0 spiro atoms. The maximum Gasteiger partial charge on any atom is 0.336 e. The molecule has 1 aliphatic rings. The van der Waals surface area contributed by atoms with Crippen molar-refractivity contribution < 1.29 is 13.9 Å². The number of H-pyrrole nitrogens is 1. The molecular weight excluding hydrogens is 394 g/mol. The number of nitrogens with zero attached hydrogens (tertiary/aromatic N) is 2. The summed E-state index contributed by atoms with van der Waals surface area (Å²) in [4.78, 5) is 34.3. The summed E-state index contributed by atoms with van der Waals surface area (Å²) in [6, 6.07) is 14.7. The van der Waals surface area contributed by atoms with E-state index in [0.29, 0.717) is 24.4 Å². The van der Waals surface area contributed by atoms with Gasteiger partial charge in [0.2, 0.25) is 0 Å². The molecule has 1 saturated heterocycles. The number of rotatable bonds is 4. The Morgan fingerprint density at radius 2 is 2.13 bits per heavy atom. The fraction of sp³-hybridized carbons (Fsp3) is 0.292. The van der Waals surface area contributed by atoms with Crippen molar-refractivity contribution in [1.82, 2.24) is 14.9 Å². The molecule has 0 bridgehead atoms. The maximum absolute atomic E-state index is 12.8. The molecular formula is C24H23N3O4. The number of nitrogens with one attached hydrogen (secondary N) is 1. The van der Waals surface area contributed by atoms with E-state index in [0.717, 1.165) is 40.6 Å². The van der Waals surface area contributed by atoms with Gasteiger partial charge in [-0.25, -0.2) is 9.78 Å². The van der Waals surface area contributed by atoms with Gasteiger partial charge in [0.1, 0.15) is 17.2 Å². The number of piperidine rings is 1. The number of ether oxygens (including phenoxy) is 1. The Kier molecular flexibility index (Phi) is 4.94. The van der Waals surface area contributed by atoms with E-state index in [1.54, 1.807) is 12.1 Å². The van der Waals surface area contributed by atoms with Gasteiger partial charge in [0.05, 0.1) is 11.0 Å². The fourth-order valence-corrected chi connectivity index (χ4v) is 4.22. The zero-order valence-corrected chi connectivity index (χ0v) is 17.3. The maximum atomic E-state index is 12.8. The van der Waals surface area contributed by atoms with Crippen LogP contribution in [0.3, 0.4) is 0 Å². The summed E-state index contributed by atoms with van der Waals surface area (Å²) >= 11 is 0. The minimum atomic E-state index is -0.400. The number of aromatic amines is 1. The molecule has 2 aromatic carbocycles. The molecule has 1 N–H and O–H groups in total. The number of carbonyl (C=O) groups excluding carboxylic acids is 1. The fourth-order valence-electron chi connectivity index (χ4n) is 4.22. The summed E-state index contributed by atoms with van der Waals surface area (Å²) in [6.45, 7) is 3.13. The summed E-state index contributed by atoms with van der Waals surface area (Å²) in [7, 11) is 0. The molecule has 4 aromatic rings. The minimum absolute atomic E-state index is 0.0611. The molecule has 2 aromatic heterocycles. The van der Waals surface area contributed by atoms with E-state index in [1.807, 2.05) is 42.2 Å². The second-order valence-electron chi connectivity index (χ2n) is 8.01. The molecule has 1 amide bonds. The topological polar surface area (TPSA) is 88.4 Å². The van der Waals surface area contributed by atoms with E-state index in [1.165, 1.54) is 6.07 Å². The van der Waals surface area contributed by atoms with Gasteiger partial charge in [-0.2, -0.15) is 0 Å². The lowest BCUT2D eigenvalue weighted by atomic mass is 9.97. The quantitative estimate of drug-likeness (QED) is 0.511. The van der Waals surface area contributed by atoms with Crippen LogP contribution >= 0.6 is 0 Å². The SMILES string of the molecule is Cc1cc(=O)oc2cc(OCC(=O)N3CCC[C@H](c4nc5ccccc5[nH]4)C3)ccc12. The van der Waals surface area contributed by atoms with Crippen molar-refractivity contribution >= 4 is 27.9 Å². The number of para-hydroxylation sites is 2. The molecule has 5 rings (SSSR count). The van der Waals surface area contributed by atoms with E-state index < -0.39 is 5.63 Å². The van der Waals surface area contributed by atoms with Crippen molar-refractivity contribution in [2.24, 2.45) is 0 Å². The normalized spacial score (nSPS) is 16.7. The Bertz CT molecular complexity index is 1290. The largest absolute Gasteiger partial charge is 0.484 e. The smallest absolute Gasteiger partial charge is 0.336 e. The van der Waals surface area contributed by atoms with Gasteiger partial charge in [-0.05, 0) is 49.6 Å². The number of carbonyl (C=O) groups is 1. The molecule has 3 heterocycles. The molecule has 31 heavy (non-hydrogen) atoms. The van der Waals surface area contributed by atoms with Crippen LogP contribution < -0.4 is 10.4 Å². The van der Waals surface area contributed by atoms with Crippen molar-refractivity contribution in [3.05, 3.63) is 70.3 Å². The van der Waals surface area contributed by atoms with Crippen LogP contribution in [0.5, 0.6) is 5.75 Å². The highest BCUT2D eigenvalue weighted by atomic mass is 16.5. The van der Waals surface area contributed by atoms with Crippen molar-refractivity contribution in [3.8, 4) is 5.75 Å². The summed E-state index contributed by atoms with van der Waals surface area (Å²) < 4.78 is 11.0. The molecule has 0 saturated carbocycles. The van der Waals surface area contributed by atoms with E-state index in [4.69, 9.17) is 14.1 Å². The van der Waals surface area contributed by atoms with Gasteiger partial charge in [-0.3, -0.25) is 4.79 Å². The average Bonchev–Trinajstić information content (AvgIpc) is 3.21. The van der Waals surface area contributed by atoms with Crippen LogP contribution in [0.2, 0.25) is 0 Å². The lowest BCUT2D eigenvalue weighted by Gasteiger charge is -2.31. The number of benzene rings is 2. The number of likely N-dealkylation sites (tertiary alicyclic amines) is 1. The minimum Gasteiger partial charge on any atom is -0.484 e. The first-order valence-electron chi connectivity index (χ1n) is 10.5. The standard InChI is InChI=1S/C24H23N3O4/c1-15-11-23(29)31-21-12-17(8-9-18(15)21)30-14-22(28)27-10-4-5-16(13-27)24-25-19-6-2-3-7-20(19)26-24/h2-3,6-9,11-12,16H,4-5,10,13-14H2,1H3,(H,25,26)/t16-/m0/s1. The van der Waals surface area contributed by atoms with Gasteiger partial charge in [0.25, 0.3) is 5.91 Å². The lowest BCUT2D eigenvalue weighted by Crippen LogP contribution is -2.41. The van der Waals surface area contributed by atoms with Crippen molar-refractivity contribution in [1.29, 1.82) is 0 Å². The van der Waals surface area contributed by atoms with Crippen molar-refractivity contribution in [2.45, 2.75) is 25.7 Å². The van der Waals surface area contributed by atoms with Crippen molar-refractivity contribution in [3.63, 3.8) is 0 Å².